The summed E-state index contributed by atoms with van der Waals surface area (Å²) in [5, 5.41) is 7.51. The van der Waals surface area contributed by atoms with Crippen molar-refractivity contribution in [2.24, 2.45) is 14.1 Å². The van der Waals surface area contributed by atoms with E-state index in [1.54, 1.807) is 0 Å². The van der Waals surface area contributed by atoms with E-state index >= 15 is 0 Å². The number of nitrogens with zero attached hydrogens (tertiary/aromatic N) is 4. The number of benzene rings is 1. The number of nitrogens with one attached hydrogen (secondary N) is 3. The lowest BCUT2D eigenvalue weighted by Gasteiger charge is -2.11. The Kier molecular flexibility index (Phi) is 4.92. The summed E-state index contributed by atoms with van der Waals surface area (Å²) in [5.41, 5.74) is 12.4. The Morgan fingerprint density at radius 1 is 1.24 bits per heavy atom. The van der Waals surface area contributed by atoms with E-state index < -0.39 is 0 Å². The van der Waals surface area contributed by atoms with E-state index in [1.165, 1.54) is 0 Å². The Labute approximate surface area is 170 Å². The summed E-state index contributed by atoms with van der Waals surface area (Å²) in [4.78, 5) is 17.5. The molecule has 4 rings (SSSR count). The van der Waals surface area contributed by atoms with Gasteiger partial charge < -0.3 is 9.88 Å². The van der Waals surface area contributed by atoms with Crippen molar-refractivity contribution < 1.29 is 4.79 Å². The van der Waals surface area contributed by atoms with Crippen LogP contribution in [-0.4, -0.2) is 31.3 Å². The van der Waals surface area contributed by atoms with Crippen LogP contribution in [0.25, 0.3) is 11.0 Å². The molecule has 1 amide bonds. The number of anilines is 1. The van der Waals surface area contributed by atoms with Crippen LogP contribution in [0.1, 0.15) is 55.0 Å². The van der Waals surface area contributed by atoms with E-state index in [1.807, 2.05) is 43.9 Å². The topological polar surface area (TPSA) is 88.8 Å². The first-order valence-corrected chi connectivity index (χ1v) is 10.0. The third-order valence-corrected chi connectivity index (χ3v) is 5.83. The highest BCUT2D eigenvalue weighted by molar-refractivity contribution is 5.96. The second-order valence-electron chi connectivity index (χ2n) is 8.21. The molecule has 3 aromatic rings. The molecule has 0 aliphatic carbocycles. The normalized spacial score (nSPS) is 19.4. The third-order valence-electron chi connectivity index (χ3n) is 5.83. The number of hydrazine groups is 1. The standard InChI is InChI=1S/C21H29N7O/c1-11(2)20-23-15-9-14(7-8-18(15)27(20)5)22-21(29)17-10-16(24-25-17)19-12(3)26-28(6)13(19)4/h7-9,11,16-17,24-25H,10H2,1-6H3,(H,22,29). The smallest absolute Gasteiger partial charge is 0.242 e. The Bertz CT molecular complexity index is 1080. The van der Waals surface area contributed by atoms with E-state index in [0.717, 1.165) is 39.5 Å². The molecule has 1 aromatic carbocycles. The van der Waals surface area contributed by atoms with Crippen molar-refractivity contribution in [2.45, 2.75) is 52.1 Å². The van der Waals surface area contributed by atoms with Crippen LogP contribution in [0.15, 0.2) is 18.2 Å². The molecule has 2 atom stereocenters. The molecule has 154 valence electrons. The monoisotopic (exact) mass is 395 g/mol. The maximum absolute atomic E-state index is 12.8. The molecule has 2 unspecified atom stereocenters. The first kappa shape index (κ1) is 19.6. The Morgan fingerprint density at radius 3 is 2.66 bits per heavy atom. The lowest BCUT2D eigenvalue weighted by molar-refractivity contribution is -0.117. The van der Waals surface area contributed by atoms with Gasteiger partial charge in [-0.1, -0.05) is 13.8 Å². The molecule has 1 aliphatic heterocycles. The van der Waals surface area contributed by atoms with E-state index in [9.17, 15) is 4.79 Å². The van der Waals surface area contributed by atoms with Crippen molar-refractivity contribution in [1.29, 1.82) is 0 Å². The quantitative estimate of drug-likeness (QED) is 0.632. The molecule has 1 fully saturated rings. The van der Waals surface area contributed by atoms with Gasteiger partial charge in [-0.25, -0.2) is 15.8 Å². The molecule has 1 aliphatic rings. The van der Waals surface area contributed by atoms with Crippen molar-refractivity contribution in [3.8, 4) is 0 Å². The van der Waals surface area contributed by atoms with Crippen LogP contribution in [0, 0.1) is 13.8 Å². The Hall–Kier alpha value is -2.71. The highest BCUT2D eigenvalue weighted by Gasteiger charge is 2.33. The van der Waals surface area contributed by atoms with Crippen LogP contribution in [0.2, 0.25) is 0 Å². The molecule has 0 bridgehead atoms. The predicted molar refractivity (Wildman–Crippen MR) is 114 cm³/mol. The zero-order valence-electron chi connectivity index (χ0n) is 17.9. The van der Waals surface area contributed by atoms with Crippen LogP contribution in [0.4, 0.5) is 5.69 Å². The van der Waals surface area contributed by atoms with Gasteiger partial charge in [-0.3, -0.25) is 9.48 Å². The van der Waals surface area contributed by atoms with Gasteiger partial charge in [0.2, 0.25) is 5.91 Å². The van der Waals surface area contributed by atoms with Gasteiger partial charge in [-0.2, -0.15) is 5.10 Å². The third kappa shape index (κ3) is 3.42. The number of amides is 1. The van der Waals surface area contributed by atoms with Gasteiger partial charge in [0.1, 0.15) is 11.9 Å². The molecule has 8 nitrogen and oxygen atoms in total. The number of rotatable bonds is 4. The van der Waals surface area contributed by atoms with Crippen molar-refractivity contribution >= 4 is 22.6 Å². The average Bonchev–Trinajstić information content (AvgIpc) is 3.33. The van der Waals surface area contributed by atoms with Gasteiger partial charge in [-0.05, 0) is 38.5 Å². The number of fused-ring (bicyclic) bond motifs is 1. The van der Waals surface area contributed by atoms with Gasteiger partial charge in [-0.15, -0.1) is 0 Å². The number of imidazole rings is 1. The van der Waals surface area contributed by atoms with Crippen molar-refractivity contribution in [1.82, 2.24) is 30.2 Å². The maximum Gasteiger partial charge on any atom is 0.242 e. The number of carbonyl (C=O) groups excluding carboxylic acids is 1. The lowest BCUT2D eigenvalue weighted by atomic mass is 10.00. The summed E-state index contributed by atoms with van der Waals surface area (Å²) in [6.07, 6.45) is 0.669. The fraction of sp³-hybridized carbons (Fsp3) is 0.476. The fourth-order valence-corrected chi connectivity index (χ4v) is 4.25. The van der Waals surface area contributed by atoms with Gasteiger partial charge in [0.25, 0.3) is 0 Å². The van der Waals surface area contributed by atoms with Gasteiger partial charge in [0, 0.05) is 37.0 Å². The van der Waals surface area contributed by atoms with Gasteiger partial charge in [0.15, 0.2) is 0 Å². The van der Waals surface area contributed by atoms with Crippen LogP contribution in [0.3, 0.4) is 0 Å². The van der Waals surface area contributed by atoms with Crippen molar-refractivity contribution in [2.75, 3.05) is 5.32 Å². The molecule has 1 saturated heterocycles. The highest BCUT2D eigenvalue weighted by Crippen LogP contribution is 2.28. The first-order chi connectivity index (χ1) is 13.8. The maximum atomic E-state index is 12.8. The summed E-state index contributed by atoms with van der Waals surface area (Å²) >= 11 is 0. The van der Waals surface area contributed by atoms with Crippen LogP contribution in [-0.2, 0) is 18.9 Å². The molecule has 0 saturated carbocycles. The summed E-state index contributed by atoms with van der Waals surface area (Å²) in [5.74, 6) is 1.32. The number of aromatic nitrogens is 4. The average molecular weight is 396 g/mol. The molecular weight excluding hydrogens is 366 g/mol. The van der Waals surface area contributed by atoms with E-state index in [0.29, 0.717) is 12.3 Å². The fourth-order valence-electron chi connectivity index (χ4n) is 4.25. The molecule has 0 radical (unpaired) electrons. The number of carbonyl (C=O) groups is 1. The van der Waals surface area contributed by atoms with Crippen LogP contribution >= 0.6 is 0 Å². The van der Waals surface area contributed by atoms with Gasteiger partial charge >= 0.3 is 0 Å². The zero-order chi connectivity index (χ0) is 20.9. The minimum atomic E-state index is -0.315. The molecule has 0 spiro atoms. The summed E-state index contributed by atoms with van der Waals surface area (Å²) in [7, 11) is 3.97. The van der Waals surface area contributed by atoms with E-state index in [4.69, 9.17) is 4.98 Å². The molecular formula is C21H29N7O. The minimum Gasteiger partial charge on any atom is -0.331 e. The number of hydrogen-bond acceptors (Lipinski definition) is 5. The molecule has 3 heterocycles. The second-order valence-corrected chi connectivity index (χ2v) is 8.21. The zero-order valence-corrected chi connectivity index (χ0v) is 17.9. The highest BCUT2D eigenvalue weighted by atomic mass is 16.2. The van der Waals surface area contributed by atoms with E-state index in [-0.39, 0.29) is 18.0 Å². The first-order valence-electron chi connectivity index (χ1n) is 10.0. The van der Waals surface area contributed by atoms with Crippen LogP contribution in [0.5, 0.6) is 0 Å². The number of hydrogen-bond donors (Lipinski definition) is 3. The predicted octanol–water partition coefficient (Wildman–Crippen LogP) is 2.59. The summed E-state index contributed by atoms with van der Waals surface area (Å²) < 4.78 is 3.99. The lowest BCUT2D eigenvalue weighted by Crippen LogP contribution is -2.39. The number of aryl methyl sites for hydroxylation is 3. The van der Waals surface area contributed by atoms with Gasteiger partial charge in [0.05, 0.1) is 22.8 Å². The Morgan fingerprint density at radius 2 is 2.00 bits per heavy atom. The molecule has 3 N–H and O–H groups in total. The Balaban J connectivity index is 1.48. The largest absolute Gasteiger partial charge is 0.331 e. The van der Waals surface area contributed by atoms with Crippen molar-refractivity contribution in [3.63, 3.8) is 0 Å². The molecule has 2 aromatic heterocycles. The SMILES string of the molecule is Cc1nn(C)c(C)c1C1CC(C(=O)Nc2ccc3c(c2)nc(C(C)C)n3C)NN1. The van der Waals surface area contributed by atoms with Crippen molar-refractivity contribution in [3.05, 3.63) is 41.0 Å². The van der Waals surface area contributed by atoms with E-state index in [2.05, 4.69) is 46.6 Å². The summed E-state index contributed by atoms with van der Waals surface area (Å²) in [6, 6.07) is 5.63. The molecule has 8 heteroatoms. The molecule has 29 heavy (non-hydrogen) atoms. The summed E-state index contributed by atoms with van der Waals surface area (Å²) in [6.45, 7) is 8.32. The minimum absolute atomic E-state index is 0.0569. The second kappa shape index (κ2) is 7.27. The van der Waals surface area contributed by atoms with Crippen LogP contribution < -0.4 is 16.2 Å².